The zero-order valence-electron chi connectivity index (χ0n) is 20.3. The van der Waals surface area contributed by atoms with E-state index in [2.05, 4.69) is 46.7 Å². The standard InChI is InChI=1S/C29H41N2O3/c32-24-11-6-4-2-1-3-5-8-15-26(18-17-25-13-9-7-10-14-25)19-20-27(21-22-29(33)34)31-28-16-12-23-30-28/h7,9-10,12-14,16-18,21-23,26-27,30,32H,1-6,8,11,15,19-20,24H2,(H,33,34)/q-1. The number of rotatable bonds is 19. The Balaban J connectivity index is 1.86. The number of aliphatic hydroxyl groups excluding tert-OH is 1. The van der Waals surface area contributed by atoms with Crippen molar-refractivity contribution in [3.05, 3.63) is 77.8 Å². The van der Waals surface area contributed by atoms with Gasteiger partial charge in [0.15, 0.2) is 0 Å². The second-order valence-corrected chi connectivity index (χ2v) is 8.90. The fraction of sp³-hybridized carbons (Fsp3) is 0.483. The minimum atomic E-state index is -0.941. The summed E-state index contributed by atoms with van der Waals surface area (Å²) in [5.74, 6) is 0.267. The highest BCUT2D eigenvalue weighted by Crippen LogP contribution is 2.26. The molecule has 0 aliphatic rings. The molecule has 3 N–H and O–H groups in total. The first-order valence-corrected chi connectivity index (χ1v) is 12.8. The quantitative estimate of drug-likeness (QED) is 0.147. The average Bonchev–Trinajstić information content (AvgIpc) is 3.36. The van der Waals surface area contributed by atoms with Crippen LogP contribution in [-0.4, -0.2) is 33.8 Å². The van der Waals surface area contributed by atoms with Crippen LogP contribution in [-0.2, 0) is 4.79 Å². The number of hydrogen-bond donors (Lipinski definition) is 3. The smallest absolute Gasteiger partial charge is 0.327 e. The topological polar surface area (TPSA) is 87.4 Å². The molecule has 0 saturated carbocycles. The van der Waals surface area contributed by atoms with Crippen molar-refractivity contribution in [2.75, 3.05) is 6.61 Å². The van der Waals surface area contributed by atoms with Crippen molar-refractivity contribution in [2.45, 2.75) is 76.7 Å². The lowest BCUT2D eigenvalue weighted by Gasteiger charge is -2.23. The Morgan fingerprint density at radius 2 is 1.56 bits per heavy atom. The first-order valence-electron chi connectivity index (χ1n) is 12.8. The highest BCUT2D eigenvalue weighted by atomic mass is 16.4. The first-order chi connectivity index (χ1) is 16.7. The summed E-state index contributed by atoms with van der Waals surface area (Å²) in [6.07, 6.45) is 21.6. The van der Waals surface area contributed by atoms with Crippen LogP contribution in [0.1, 0.15) is 76.2 Å². The molecule has 0 fully saturated rings. The van der Waals surface area contributed by atoms with E-state index in [1.807, 2.05) is 24.4 Å². The van der Waals surface area contributed by atoms with Crippen LogP contribution in [0.25, 0.3) is 11.4 Å². The number of nitrogens with zero attached hydrogens (tertiary/aromatic N) is 1. The summed E-state index contributed by atoms with van der Waals surface area (Å²) in [4.78, 5) is 14.1. The third kappa shape index (κ3) is 13.0. The van der Waals surface area contributed by atoms with Crippen molar-refractivity contribution in [1.29, 1.82) is 0 Å². The van der Waals surface area contributed by atoms with Crippen LogP contribution in [0.2, 0.25) is 0 Å². The molecule has 34 heavy (non-hydrogen) atoms. The van der Waals surface area contributed by atoms with Crippen LogP contribution in [0.4, 0.5) is 5.82 Å². The number of aromatic amines is 1. The van der Waals surface area contributed by atoms with E-state index in [9.17, 15) is 4.79 Å². The second kappa shape index (κ2) is 17.7. The molecule has 0 bridgehead atoms. The Morgan fingerprint density at radius 1 is 0.853 bits per heavy atom. The van der Waals surface area contributed by atoms with E-state index in [-0.39, 0.29) is 6.04 Å². The lowest BCUT2D eigenvalue weighted by atomic mass is 9.92. The molecule has 1 heterocycles. The minimum absolute atomic E-state index is 0.165. The fourth-order valence-electron chi connectivity index (χ4n) is 4.09. The first kappa shape index (κ1) is 27.5. The number of H-pyrrole nitrogens is 1. The van der Waals surface area contributed by atoms with Crippen LogP contribution < -0.4 is 0 Å². The molecule has 0 amide bonds. The molecule has 2 rings (SSSR count). The van der Waals surface area contributed by atoms with Crippen LogP contribution >= 0.6 is 0 Å². The molecule has 0 spiro atoms. The van der Waals surface area contributed by atoms with Crippen molar-refractivity contribution in [3.8, 4) is 0 Å². The monoisotopic (exact) mass is 465 g/mol. The molecule has 0 aliphatic carbocycles. The van der Waals surface area contributed by atoms with Gasteiger partial charge in [-0.15, -0.1) is 0 Å². The number of benzene rings is 1. The summed E-state index contributed by atoms with van der Waals surface area (Å²) in [5.41, 5.74) is 1.20. The van der Waals surface area contributed by atoms with Gasteiger partial charge in [0.2, 0.25) is 0 Å². The van der Waals surface area contributed by atoms with Crippen LogP contribution in [0.5, 0.6) is 0 Å². The van der Waals surface area contributed by atoms with Gasteiger partial charge in [0.05, 0.1) is 0 Å². The molecule has 5 nitrogen and oxygen atoms in total. The molecular formula is C29H41N2O3-. The number of carboxylic acid groups (broad SMARTS) is 1. The van der Waals surface area contributed by atoms with E-state index in [1.54, 1.807) is 6.08 Å². The van der Waals surface area contributed by atoms with Gasteiger partial charge < -0.3 is 20.5 Å². The molecule has 1 aromatic heterocycles. The molecule has 2 aromatic rings. The van der Waals surface area contributed by atoms with Gasteiger partial charge in [0.1, 0.15) is 0 Å². The lowest BCUT2D eigenvalue weighted by molar-refractivity contribution is -0.131. The molecule has 2 atom stereocenters. The third-order valence-electron chi connectivity index (χ3n) is 6.02. The van der Waals surface area contributed by atoms with Crippen molar-refractivity contribution in [1.82, 2.24) is 4.98 Å². The molecule has 0 aliphatic heterocycles. The van der Waals surface area contributed by atoms with Crippen molar-refractivity contribution < 1.29 is 15.0 Å². The van der Waals surface area contributed by atoms with Crippen LogP contribution in [0, 0.1) is 5.92 Å². The van der Waals surface area contributed by atoms with E-state index in [4.69, 9.17) is 10.2 Å². The van der Waals surface area contributed by atoms with Gasteiger partial charge >= 0.3 is 5.97 Å². The van der Waals surface area contributed by atoms with Crippen LogP contribution in [0.15, 0.2) is 66.9 Å². The second-order valence-electron chi connectivity index (χ2n) is 8.90. The number of unbranched alkanes of at least 4 members (excludes halogenated alkanes) is 7. The zero-order valence-corrected chi connectivity index (χ0v) is 20.3. The van der Waals surface area contributed by atoms with Crippen molar-refractivity contribution in [2.24, 2.45) is 5.92 Å². The zero-order chi connectivity index (χ0) is 24.3. The van der Waals surface area contributed by atoms with Gasteiger partial charge in [-0.2, -0.15) is 0 Å². The third-order valence-corrected chi connectivity index (χ3v) is 6.02. The number of hydrogen-bond acceptors (Lipinski definition) is 2. The molecule has 0 saturated heterocycles. The lowest BCUT2D eigenvalue weighted by Crippen LogP contribution is -2.07. The predicted molar refractivity (Wildman–Crippen MR) is 141 cm³/mol. The molecule has 1 aromatic carbocycles. The van der Waals surface area contributed by atoms with Crippen LogP contribution in [0.3, 0.4) is 0 Å². The number of aliphatic hydroxyl groups is 1. The van der Waals surface area contributed by atoms with Gasteiger partial charge in [-0.3, -0.25) is 0 Å². The Morgan fingerprint density at radius 3 is 2.21 bits per heavy atom. The van der Waals surface area contributed by atoms with Crippen molar-refractivity contribution >= 4 is 17.9 Å². The Hall–Kier alpha value is -2.79. The van der Waals surface area contributed by atoms with Gasteiger partial charge in [-0.25, -0.2) is 4.79 Å². The number of allylic oxidation sites excluding steroid dienone is 1. The Kier molecular flexibility index (Phi) is 14.3. The van der Waals surface area contributed by atoms with E-state index < -0.39 is 5.97 Å². The summed E-state index contributed by atoms with van der Waals surface area (Å²) in [5, 5.41) is 22.6. The SMILES string of the molecule is O=C(O)C=CC(CCC(C=Cc1ccccc1)CCCCCCCCCCO)[N-]c1ccc[nH]1. The molecule has 2 unspecified atom stereocenters. The number of carbonyl (C=O) groups is 1. The van der Waals surface area contributed by atoms with E-state index >= 15 is 0 Å². The molecule has 5 heteroatoms. The normalized spacial score (nSPS) is 13.4. The summed E-state index contributed by atoms with van der Waals surface area (Å²) in [6, 6.07) is 14.0. The predicted octanol–water partition coefficient (Wildman–Crippen LogP) is 7.64. The number of carboxylic acids is 1. The maximum atomic E-state index is 11.0. The number of nitrogens with one attached hydrogen (secondary N) is 1. The Labute approximate surface area is 205 Å². The van der Waals surface area contributed by atoms with Gasteiger partial charge in [-0.05, 0) is 43.2 Å². The highest BCUT2D eigenvalue weighted by Gasteiger charge is 2.09. The van der Waals surface area contributed by atoms with E-state index in [1.165, 1.54) is 50.2 Å². The molecule has 0 radical (unpaired) electrons. The maximum absolute atomic E-state index is 11.0. The average molecular weight is 466 g/mol. The fourth-order valence-corrected chi connectivity index (χ4v) is 4.09. The van der Waals surface area contributed by atoms with Crippen molar-refractivity contribution in [3.63, 3.8) is 0 Å². The maximum Gasteiger partial charge on any atom is 0.327 e. The van der Waals surface area contributed by atoms with E-state index in [0.717, 1.165) is 37.9 Å². The van der Waals surface area contributed by atoms with Gasteiger partial charge in [0, 0.05) is 12.7 Å². The minimum Gasteiger partial charge on any atom is -0.478 e. The summed E-state index contributed by atoms with van der Waals surface area (Å²) >= 11 is 0. The summed E-state index contributed by atoms with van der Waals surface area (Å²) in [7, 11) is 0. The molecular weight excluding hydrogens is 424 g/mol. The number of aliphatic carboxylic acids is 1. The largest absolute Gasteiger partial charge is 0.478 e. The summed E-state index contributed by atoms with van der Waals surface area (Å²) < 4.78 is 0. The summed E-state index contributed by atoms with van der Waals surface area (Å²) in [6.45, 7) is 0.309. The number of aromatic nitrogens is 1. The molecule has 186 valence electrons. The van der Waals surface area contributed by atoms with Gasteiger partial charge in [0.25, 0.3) is 0 Å². The van der Waals surface area contributed by atoms with E-state index in [0.29, 0.717) is 12.5 Å². The Bertz CT molecular complexity index is 815. The highest BCUT2D eigenvalue weighted by molar-refractivity contribution is 5.80. The van der Waals surface area contributed by atoms with Gasteiger partial charge in [-0.1, -0.05) is 118 Å².